The van der Waals surface area contributed by atoms with E-state index in [0.717, 1.165) is 43.6 Å². The van der Waals surface area contributed by atoms with Crippen molar-refractivity contribution in [3.63, 3.8) is 0 Å². The number of hydrogen-bond donors (Lipinski definition) is 0. The zero-order valence-corrected chi connectivity index (χ0v) is 15.0. The van der Waals surface area contributed by atoms with Crippen LogP contribution in [0.3, 0.4) is 0 Å². The Morgan fingerprint density at radius 3 is 2.15 bits per heavy atom. The van der Waals surface area contributed by atoms with Crippen molar-refractivity contribution >= 4 is 27.7 Å². The summed E-state index contributed by atoms with van der Waals surface area (Å²) >= 11 is 0. The first-order valence-corrected chi connectivity index (χ1v) is 9.12. The third-order valence-electron chi connectivity index (χ3n) is 5.24. The zero-order valence-electron chi connectivity index (χ0n) is 15.0. The third-order valence-corrected chi connectivity index (χ3v) is 5.24. The van der Waals surface area contributed by atoms with Crippen LogP contribution >= 0.6 is 0 Å². The maximum Gasteiger partial charge on any atom is 0.242 e. The predicted molar refractivity (Wildman–Crippen MR) is 104 cm³/mol. The summed E-state index contributed by atoms with van der Waals surface area (Å²) in [5.74, 6) is 0.110. The molecule has 1 saturated heterocycles. The van der Waals surface area contributed by atoms with Crippen LogP contribution < -0.4 is 5.43 Å². The topological polar surface area (TPSA) is 45.5 Å². The van der Waals surface area contributed by atoms with Gasteiger partial charge < -0.3 is 14.4 Å². The number of aromatic nitrogens is 1. The number of carbonyl (C=O) groups is 1. The molecule has 0 aliphatic carbocycles. The summed E-state index contributed by atoms with van der Waals surface area (Å²) in [5, 5.41) is 1.32. The monoisotopic (exact) mass is 349 g/mol. The van der Waals surface area contributed by atoms with E-state index >= 15 is 0 Å². The van der Waals surface area contributed by atoms with Crippen molar-refractivity contribution in [1.82, 2.24) is 14.4 Å². The van der Waals surface area contributed by atoms with Crippen molar-refractivity contribution in [2.75, 3.05) is 33.2 Å². The number of amides is 1. The predicted octanol–water partition coefficient (Wildman–Crippen LogP) is 2.32. The second-order valence-corrected chi connectivity index (χ2v) is 6.99. The van der Waals surface area contributed by atoms with Crippen LogP contribution in [-0.2, 0) is 11.3 Å². The highest BCUT2D eigenvalue weighted by Gasteiger charge is 2.19. The van der Waals surface area contributed by atoms with Gasteiger partial charge in [-0.15, -0.1) is 0 Å². The van der Waals surface area contributed by atoms with Crippen LogP contribution in [0.5, 0.6) is 0 Å². The van der Waals surface area contributed by atoms with E-state index in [1.807, 2.05) is 58.0 Å². The molecule has 0 saturated carbocycles. The SMILES string of the molecule is CN1CCCN(C(=O)Cn2c3ccccc3c(=O)c3ccccc32)CC1. The fourth-order valence-electron chi connectivity index (χ4n) is 3.78. The Hall–Kier alpha value is -2.66. The Labute approximate surface area is 152 Å². The lowest BCUT2D eigenvalue weighted by molar-refractivity contribution is -0.131. The van der Waals surface area contributed by atoms with E-state index in [1.54, 1.807) is 0 Å². The molecule has 0 atom stereocenters. The molecule has 1 aliphatic rings. The fourth-order valence-corrected chi connectivity index (χ4v) is 3.78. The lowest BCUT2D eigenvalue weighted by Gasteiger charge is -2.23. The molecule has 1 amide bonds. The van der Waals surface area contributed by atoms with Gasteiger partial charge in [-0.3, -0.25) is 9.59 Å². The van der Waals surface area contributed by atoms with Gasteiger partial charge >= 0.3 is 0 Å². The largest absolute Gasteiger partial charge is 0.340 e. The van der Waals surface area contributed by atoms with Gasteiger partial charge in [0.05, 0.1) is 11.0 Å². The molecule has 0 N–H and O–H groups in total. The van der Waals surface area contributed by atoms with Crippen molar-refractivity contribution in [2.24, 2.45) is 0 Å². The molecule has 1 fully saturated rings. The molecule has 5 nitrogen and oxygen atoms in total. The number of nitrogens with zero attached hydrogens (tertiary/aromatic N) is 3. The average Bonchev–Trinajstić information content (AvgIpc) is 2.89. The summed E-state index contributed by atoms with van der Waals surface area (Å²) in [7, 11) is 2.09. The van der Waals surface area contributed by atoms with Gasteiger partial charge in [0.2, 0.25) is 5.91 Å². The molecule has 4 rings (SSSR count). The standard InChI is InChI=1S/C21H23N3O2/c1-22-11-6-12-23(14-13-22)20(25)15-24-18-9-4-2-7-16(18)21(26)17-8-3-5-10-19(17)24/h2-5,7-10H,6,11-15H2,1H3. The van der Waals surface area contributed by atoms with E-state index in [4.69, 9.17) is 0 Å². The molecule has 5 heteroatoms. The molecule has 2 aromatic carbocycles. The number of rotatable bonds is 2. The van der Waals surface area contributed by atoms with Crippen LogP contribution in [0.4, 0.5) is 0 Å². The molecule has 0 spiro atoms. The normalized spacial score (nSPS) is 16.1. The number of para-hydroxylation sites is 2. The maximum atomic E-state index is 13.0. The Kier molecular flexibility index (Phi) is 4.47. The summed E-state index contributed by atoms with van der Waals surface area (Å²) in [6.45, 7) is 3.72. The highest BCUT2D eigenvalue weighted by Crippen LogP contribution is 2.19. The van der Waals surface area contributed by atoms with Crippen LogP contribution in [0.2, 0.25) is 0 Å². The summed E-state index contributed by atoms with van der Waals surface area (Å²) in [6.07, 6.45) is 0.994. The zero-order chi connectivity index (χ0) is 18.1. The lowest BCUT2D eigenvalue weighted by Crippen LogP contribution is -2.37. The van der Waals surface area contributed by atoms with Crippen molar-refractivity contribution in [1.29, 1.82) is 0 Å². The molecule has 1 aliphatic heterocycles. The maximum absolute atomic E-state index is 13.0. The van der Waals surface area contributed by atoms with Gasteiger partial charge in [-0.1, -0.05) is 24.3 Å². The van der Waals surface area contributed by atoms with Gasteiger partial charge in [0.1, 0.15) is 6.54 Å². The number of likely N-dealkylation sites (N-methyl/N-ethyl adjacent to an activating group) is 1. The highest BCUT2D eigenvalue weighted by molar-refractivity contribution is 5.94. The Morgan fingerprint density at radius 2 is 1.50 bits per heavy atom. The van der Waals surface area contributed by atoms with Gasteiger partial charge in [-0.25, -0.2) is 0 Å². The van der Waals surface area contributed by atoms with Crippen LogP contribution in [0.25, 0.3) is 21.8 Å². The summed E-state index contributed by atoms with van der Waals surface area (Å²) in [5.41, 5.74) is 1.66. The van der Waals surface area contributed by atoms with Crippen LogP contribution in [0.1, 0.15) is 6.42 Å². The second kappa shape index (κ2) is 6.92. The second-order valence-electron chi connectivity index (χ2n) is 6.99. The van der Waals surface area contributed by atoms with Gasteiger partial charge in [0.15, 0.2) is 5.43 Å². The first kappa shape index (κ1) is 16.8. The van der Waals surface area contributed by atoms with E-state index in [2.05, 4.69) is 11.9 Å². The van der Waals surface area contributed by atoms with E-state index in [1.165, 1.54) is 0 Å². The van der Waals surface area contributed by atoms with Gasteiger partial charge in [-0.05, 0) is 44.3 Å². The molecule has 3 aromatic rings. The van der Waals surface area contributed by atoms with Gasteiger partial charge in [0, 0.05) is 30.4 Å². The first-order chi connectivity index (χ1) is 12.6. The summed E-state index contributed by atoms with van der Waals surface area (Å²) in [4.78, 5) is 30.0. The Morgan fingerprint density at radius 1 is 0.885 bits per heavy atom. The minimum atomic E-state index is 0.0243. The molecule has 1 aromatic heterocycles. The van der Waals surface area contributed by atoms with Crippen LogP contribution in [0, 0.1) is 0 Å². The van der Waals surface area contributed by atoms with E-state index in [0.29, 0.717) is 10.8 Å². The van der Waals surface area contributed by atoms with Crippen LogP contribution in [-0.4, -0.2) is 53.5 Å². The fraction of sp³-hybridized carbons (Fsp3) is 0.333. The van der Waals surface area contributed by atoms with Crippen LogP contribution in [0.15, 0.2) is 53.3 Å². The smallest absolute Gasteiger partial charge is 0.242 e. The highest BCUT2D eigenvalue weighted by atomic mass is 16.2. The molecular formula is C21H23N3O2. The molecule has 0 unspecified atom stereocenters. The Balaban J connectivity index is 1.78. The van der Waals surface area contributed by atoms with E-state index in [9.17, 15) is 9.59 Å². The van der Waals surface area contributed by atoms with Gasteiger partial charge in [-0.2, -0.15) is 0 Å². The van der Waals surface area contributed by atoms with Crippen molar-refractivity contribution in [3.05, 3.63) is 58.8 Å². The minimum absolute atomic E-state index is 0.0243. The number of hydrogen-bond acceptors (Lipinski definition) is 3. The van der Waals surface area contributed by atoms with Gasteiger partial charge in [0.25, 0.3) is 0 Å². The quantitative estimate of drug-likeness (QED) is 0.667. The third kappa shape index (κ3) is 2.99. The van der Waals surface area contributed by atoms with E-state index in [-0.39, 0.29) is 17.9 Å². The van der Waals surface area contributed by atoms with Crippen molar-refractivity contribution in [3.8, 4) is 0 Å². The summed E-state index contributed by atoms with van der Waals surface area (Å²) < 4.78 is 1.99. The number of pyridine rings is 1. The summed E-state index contributed by atoms with van der Waals surface area (Å²) in [6, 6.07) is 15.1. The number of benzene rings is 2. The Bertz CT molecular complexity index is 965. The molecule has 0 radical (unpaired) electrons. The van der Waals surface area contributed by atoms with Crippen molar-refractivity contribution < 1.29 is 4.79 Å². The molecule has 26 heavy (non-hydrogen) atoms. The number of carbonyl (C=O) groups excluding carboxylic acids is 1. The molecular weight excluding hydrogens is 326 g/mol. The number of fused-ring (bicyclic) bond motifs is 2. The molecule has 134 valence electrons. The minimum Gasteiger partial charge on any atom is -0.340 e. The molecule has 2 heterocycles. The lowest BCUT2D eigenvalue weighted by atomic mass is 10.1. The first-order valence-electron chi connectivity index (χ1n) is 9.12. The average molecular weight is 349 g/mol. The van der Waals surface area contributed by atoms with E-state index < -0.39 is 0 Å². The molecule has 0 bridgehead atoms. The van der Waals surface area contributed by atoms with Crippen molar-refractivity contribution in [2.45, 2.75) is 13.0 Å².